The molecule has 1 N–H and O–H groups in total. The van der Waals surface area contributed by atoms with E-state index in [1.807, 2.05) is 11.9 Å². The highest BCUT2D eigenvalue weighted by Gasteiger charge is 2.20. The Balaban J connectivity index is 2.96. The maximum Gasteiger partial charge on any atom is 0.120 e. The topological polar surface area (TPSA) is 23.5 Å². The average Bonchev–Trinajstić information content (AvgIpc) is 2.17. The van der Waals surface area contributed by atoms with Gasteiger partial charge in [0.25, 0.3) is 0 Å². The Labute approximate surface area is 71.6 Å². The third kappa shape index (κ3) is 1.38. The highest BCUT2D eigenvalue weighted by atomic mass is 32.2. The number of nitrogens with zero attached hydrogens (tertiary/aromatic N) is 1. The molecule has 0 atom stereocenters. The van der Waals surface area contributed by atoms with Crippen LogP contribution in [0.3, 0.4) is 0 Å². The number of rotatable bonds is 0. The van der Waals surface area contributed by atoms with Crippen molar-refractivity contribution in [2.24, 2.45) is 0 Å². The van der Waals surface area contributed by atoms with Gasteiger partial charge in [0, 0.05) is 17.6 Å². The summed E-state index contributed by atoms with van der Waals surface area (Å²) < 4.78 is 0. The van der Waals surface area contributed by atoms with Crippen molar-refractivity contribution in [1.82, 2.24) is 4.90 Å². The maximum absolute atomic E-state index is 9.25. The molecule has 1 aliphatic rings. The van der Waals surface area contributed by atoms with Crippen LogP contribution in [0.15, 0.2) is 21.4 Å². The molecule has 0 unspecified atom stereocenters. The molecule has 3 heteroatoms. The van der Waals surface area contributed by atoms with Crippen molar-refractivity contribution >= 4 is 11.8 Å². The molecule has 0 amide bonds. The summed E-state index contributed by atoms with van der Waals surface area (Å²) in [5.41, 5.74) is 1.22. The standard InChI is InChI=1S/C8H13NOS/c1-5-7(3)11-8(6(2)10)9(5)4/h10H,1-4H3/b8-6+. The molecule has 62 valence electrons. The second-order valence-corrected chi connectivity index (χ2v) is 3.90. The fourth-order valence-corrected chi connectivity index (χ4v) is 1.99. The van der Waals surface area contributed by atoms with Crippen molar-refractivity contribution in [1.29, 1.82) is 0 Å². The SMILES string of the molecule is CC1=C(C)N(C)/C(=C(/C)O)S1. The van der Waals surface area contributed by atoms with Gasteiger partial charge in [-0.05, 0) is 20.8 Å². The molecule has 0 aliphatic carbocycles. The Kier molecular flexibility index (Phi) is 2.18. The van der Waals surface area contributed by atoms with Gasteiger partial charge in [-0.3, -0.25) is 0 Å². The quantitative estimate of drug-likeness (QED) is 0.567. The molecule has 1 aliphatic heterocycles. The molecule has 0 radical (unpaired) electrons. The summed E-state index contributed by atoms with van der Waals surface area (Å²) in [4.78, 5) is 3.27. The van der Waals surface area contributed by atoms with Crippen LogP contribution < -0.4 is 0 Å². The molecule has 0 spiro atoms. The van der Waals surface area contributed by atoms with Gasteiger partial charge in [0.15, 0.2) is 0 Å². The Hall–Kier alpha value is -0.570. The fourth-order valence-electron chi connectivity index (χ4n) is 0.992. The highest BCUT2D eigenvalue weighted by Crippen LogP contribution is 2.40. The summed E-state index contributed by atoms with van der Waals surface area (Å²) >= 11 is 1.62. The largest absolute Gasteiger partial charge is 0.510 e. The molecule has 1 heterocycles. The number of aliphatic hydroxyl groups is 1. The molecular formula is C8H13NOS. The van der Waals surface area contributed by atoms with Gasteiger partial charge in [0.2, 0.25) is 0 Å². The number of hydrogen-bond donors (Lipinski definition) is 1. The first-order chi connectivity index (χ1) is 5.04. The molecule has 0 bridgehead atoms. The van der Waals surface area contributed by atoms with Gasteiger partial charge in [-0.25, -0.2) is 0 Å². The monoisotopic (exact) mass is 171 g/mol. The molecular weight excluding hydrogens is 158 g/mol. The van der Waals surface area contributed by atoms with Crippen LogP contribution in [0.2, 0.25) is 0 Å². The lowest BCUT2D eigenvalue weighted by molar-refractivity contribution is 0.389. The van der Waals surface area contributed by atoms with Crippen molar-refractivity contribution in [3.63, 3.8) is 0 Å². The summed E-state index contributed by atoms with van der Waals surface area (Å²) in [7, 11) is 1.97. The van der Waals surface area contributed by atoms with Crippen molar-refractivity contribution in [3.05, 3.63) is 21.4 Å². The first-order valence-corrected chi connectivity index (χ1v) is 4.34. The first-order valence-electron chi connectivity index (χ1n) is 3.53. The minimum absolute atomic E-state index is 0.397. The molecule has 0 aromatic heterocycles. The van der Waals surface area contributed by atoms with Gasteiger partial charge >= 0.3 is 0 Å². The van der Waals surface area contributed by atoms with Crippen molar-refractivity contribution in [2.75, 3.05) is 7.05 Å². The van der Waals surface area contributed by atoms with Crippen molar-refractivity contribution < 1.29 is 5.11 Å². The zero-order valence-electron chi connectivity index (χ0n) is 7.30. The van der Waals surface area contributed by atoms with E-state index in [1.54, 1.807) is 18.7 Å². The molecule has 0 aromatic carbocycles. The minimum Gasteiger partial charge on any atom is -0.510 e. The zero-order valence-corrected chi connectivity index (χ0v) is 8.12. The smallest absolute Gasteiger partial charge is 0.120 e. The zero-order chi connectivity index (χ0) is 8.59. The van der Waals surface area contributed by atoms with Gasteiger partial charge in [-0.1, -0.05) is 11.8 Å². The number of allylic oxidation sites excluding steroid dienone is 3. The maximum atomic E-state index is 9.25. The van der Waals surface area contributed by atoms with Crippen LogP contribution in [0.5, 0.6) is 0 Å². The molecule has 0 saturated heterocycles. The normalized spacial score (nSPS) is 23.1. The van der Waals surface area contributed by atoms with Crippen LogP contribution in [-0.2, 0) is 0 Å². The van der Waals surface area contributed by atoms with E-state index in [0.717, 1.165) is 5.03 Å². The van der Waals surface area contributed by atoms with E-state index in [1.165, 1.54) is 10.6 Å². The lowest BCUT2D eigenvalue weighted by atomic mass is 10.4. The second kappa shape index (κ2) is 2.81. The third-order valence-corrected chi connectivity index (χ3v) is 3.24. The van der Waals surface area contributed by atoms with Crippen LogP contribution in [0.1, 0.15) is 20.8 Å². The average molecular weight is 171 g/mol. The van der Waals surface area contributed by atoms with Crippen LogP contribution >= 0.6 is 11.8 Å². The summed E-state index contributed by atoms with van der Waals surface area (Å²) in [6.45, 7) is 5.83. The fraction of sp³-hybridized carbons (Fsp3) is 0.500. The van der Waals surface area contributed by atoms with Gasteiger partial charge in [-0.15, -0.1) is 0 Å². The molecule has 2 nitrogen and oxygen atoms in total. The van der Waals surface area contributed by atoms with E-state index in [0.29, 0.717) is 5.76 Å². The van der Waals surface area contributed by atoms with E-state index in [2.05, 4.69) is 13.8 Å². The molecule has 0 aromatic rings. The number of hydrogen-bond acceptors (Lipinski definition) is 3. The predicted octanol–water partition coefficient (Wildman–Crippen LogP) is 2.66. The lowest BCUT2D eigenvalue weighted by Crippen LogP contribution is -2.09. The molecule has 11 heavy (non-hydrogen) atoms. The second-order valence-electron chi connectivity index (χ2n) is 2.69. The Morgan fingerprint density at radius 2 is 2.00 bits per heavy atom. The van der Waals surface area contributed by atoms with Gasteiger partial charge in [0.05, 0.1) is 0 Å². The Morgan fingerprint density at radius 3 is 2.18 bits per heavy atom. The van der Waals surface area contributed by atoms with Gasteiger partial charge in [0.1, 0.15) is 10.8 Å². The van der Waals surface area contributed by atoms with Crippen LogP contribution in [0.4, 0.5) is 0 Å². The van der Waals surface area contributed by atoms with Crippen LogP contribution in [-0.4, -0.2) is 17.1 Å². The van der Waals surface area contributed by atoms with E-state index < -0.39 is 0 Å². The summed E-state index contributed by atoms with van der Waals surface area (Å²) in [5.74, 6) is 0.397. The van der Waals surface area contributed by atoms with Gasteiger partial charge < -0.3 is 10.0 Å². The number of thioether (sulfide) groups is 1. The van der Waals surface area contributed by atoms with E-state index in [9.17, 15) is 5.11 Å². The molecule has 0 fully saturated rings. The summed E-state index contributed by atoms with van der Waals surface area (Å²) in [5, 5.41) is 10.2. The minimum atomic E-state index is 0.397. The van der Waals surface area contributed by atoms with Crippen molar-refractivity contribution in [3.8, 4) is 0 Å². The van der Waals surface area contributed by atoms with Crippen LogP contribution in [0.25, 0.3) is 0 Å². The molecule has 1 rings (SSSR count). The first kappa shape index (κ1) is 8.53. The van der Waals surface area contributed by atoms with Crippen LogP contribution in [0, 0.1) is 0 Å². The number of aliphatic hydroxyl groups excluding tert-OH is 1. The van der Waals surface area contributed by atoms with Gasteiger partial charge in [-0.2, -0.15) is 0 Å². The van der Waals surface area contributed by atoms with E-state index in [4.69, 9.17) is 0 Å². The lowest BCUT2D eigenvalue weighted by Gasteiger charge is -2.14. The Morgan fingerprint density at radius 1 is 1.45 bits per heavy atom. The summed E-state index contributed by atoms with van der Waals surface area (Å²) in [6.07, 6.45) is 0. The summed E-state index contributed by atoms with van der Waals surface area (Å²) in [6, 6.07) is 0. The van der Waals surface area contributed by atoms with Crippen molar-refractivity contribution in [2.45, 2.75) is 20.8 Å². The molecule has 0 saturated carbocycles. The Bertz CT molecular complexity index is 238. The van der Waals surface area contributed by atoms with E-state index in [-0.39, 0.29) is 0 Å². The predicted molar refractivity (Wildman–Crippen MR) is 49.1 cm³/mol. The van der Waals surface area contributed by atoms with E-state index >= 15 is 0 Å². The highest BCUT2D eigenvalue weighted by molar-refractivity contribution is 8.06. The third-order valence-electron chi connectivity index (χ3n) is 1.88.